The topological polar surface area (TPSA) is 72.9 Å². The third-order valence-electron chi connectivity index (χ3n) is 3.49. The van der Waals surface area contributed by atoms with Gasteiger partial charge in [0.25, 0.3) is 10.1 Å². The number of rotatable bonds is 3. The van der Waals surface area contributed by atoms with Gasteiger partial charge in [-0.15, -0.1) is 0 Å². The molecule has 0 spiro atoms. The molecule has 1 heterocycles. The van der Waals surface area contributed by atoms with Gasteiger partial charge in [0, 0.05) is 12.5 Å². The third kappa shape index (κ3) is 4.34. The summed E-state index contributed by atoms with van der Waals surface area (Å²) in [6.45, 7) is 6.22. The van der Waals surface area contributed by atoms with Crippen molar-refractivity contribution < 1.29 is 22.1 Å². The van der Waals surface area contributed by atoms with Crippen molar-refractivity contribution in [2.24, 2.45) is 11.8 Å². The van der Waals surface area contributed by atoms with Crippen molar-refractivity contribution in [2.75, 3.05) is 19.3 Å². The molecule has 1 saturated carbocycles. The van der Waals surface area contributed by atoms with Crippen LogP contribution in [0.2, 0.25) is 0 Å². The molecule has 0 aromatic heterocycles. The summed E-state index contributed by atoms with van der Waals surface area (Å²) in [6.07, 6.45) is 2.37. The quantitative estimate of drug-likeness (QED) is 0.741. The molecule has 0 aromatic carbocycles. The summed E-state index contributed by atoms with van der Waals surface area (Å²) in [5, 5.41) is 0. The molecule has 2 aliphatic rings. The van der Waals surface area contributed by atoms with Crippen molar-refractivity contribution in [3.05, 3.63) is 0 Å². The fourth-order valence-corrected chi connectivity index (χ4v) is 3.23. The van der Waals surface area contributed by atoms with Crippen LogP contribution in [0.5, 0.6) is 0 Å². The van der Waals surface area contributed by atoms with Gasteiger partial charge in [-0.3, -0.25) is 4.18 Å². The van der Waals surface area contributed by atoms with E-state index in [-0.39, 0.29) is 12.5 Å². The number of carbonyl (C=O) groups is 1. The highest BCUT2D eigenvalue weighted by Gasteiger charge is 2.46. The molecule has 2 atom stereocenters. The van der Waals surface area contributed by atoms with E-state index in [0.29, 0.717) is 12.5 Å². The first-order valence-electron chi connectivity index (χ1n) is 6.91. The lowest BCUT2D eigenvalue weighted by molar-refractivity contribution is 0.0275. The van der Waals surface area contributed by atoms with Crippen LogP contribution in [-0.4, -0.2) is 50.5 Å². The van der Waals surface area contributed by atoms with Crippen molar-refractivity contribution in [1.29, 1.82) is 0 Å². The third-order valence-corrected chi connectivity index (χ3v) is 4.08. The molecule has 1 saturated heterocycles. The van der Waals surface area contributed by atoms with E-state index >= 15 is 0 Å². The van der Waals surface area contributed by atoms with E-state index < -0.39 is 27.9 Å². The Hall–Kier alpha value is -0.820. The average molecular weight is 305 g/mol. The van der Waals surface area contributed by atoms with E-state index in [1.165, 1.54) is 0 Å². The van der Waals surface area contributed by atoms with Crippen LogP contribution in [0.3, 0.4) is 0 Å². The second-order valence-corrected chi connectivity index (χ2v) is 8.33. The Morgan fingerprint density at radius 3 is 2.25 bits per heavy atom. The van der Waals surface area contributed by atoms with E-state index in [1.807, 2.05) is 20.8 Å². The predicted molar refractivity (Wildman–Crippen MR) is 73.7 cm³/mol. The summed E-state index contributed by atoms with van der Waals surface area (Å²) in [6, 6.07) is 0. The van der Waals surface area contributed by atoms with Gasteiger partial charge in [-0.25, -0.2) is 4.79 Å². The maximum Gasteiger partial charge on any atom is 0.410 e. The van der Waals surface area contributed by atoms with Gasteiger partial charge in [0.15, 0.2) is 0 Å². The Morgan fingerprint density at radius 1 is 1.20 bits per heavy atom. The van der Waals surface area contributed by atoms with Crippen LogP contribution in [0, 0.1) is 11.8 Å². The minimum atomic E-state index is -3.51. The summed E-state index contributed by atoms with van der Waals surface area (Å²) in [4.78, 5) is 13.6. The van der Waals surface area contributed by atoms with Crippen molar-refractivity contribution in [1.82, 2.24) is 4.90 Å². The molecule has 116 valence electrons. The Labute approximate surface area is 120 Å². The van der Waals surface area contributed by atoms with Gasteiger partial charge < -0.3 is 9.64 Å². The second-order valence-electron chi connectivity index (χ2n) is 6.73. The lowest BCUT2D eigenvalue weighted by atomic mass is 10.0. The molecule has 1 amide bonds. The minimum Gasteiger partial charge on any atom is -0.444 e. The van der Waals surface area contributed by atoms with E-state index in [2.05, 4.69) is 0 Å². The van der Waals surface area contributed by atoms with Gasteiger partial charge in [0.2, 0.25) is 0 Å². The molecular formula is C13H23NO5S. The molecule has 0 radical (unpaired) electrons. The van der Waals surface area contributed by atoms with Crippen LogP contribution < -0.4 is 0 Å². The number of amides is 1. The fourth-order valence-electron chi connectivity index (χ4n) is 2.58. The van der Waals surface area contributed by atoms with Crippen molar-refractivity contribution in [2.45, 2.75) is 45.3 Å². The highest BCUT2D eigenvalue weighted by atomic mass is 32.2. The molecule has 7 heteroatoms. The molecule has 1 aliphatic carbocycles. The minimum absolute atomic E-state index is 0.0947. The first kappa shape index (κ1) is 15.6. The molecule has 20 heavy (non-hydrogen) atoms. The maximum atomic E-state index is 12.1. The Balaban J connectivity index is 2.02. The van der Waals surface area contributed by atoms with Gasteiger partial charge in [0.05, 0.1) is 18.9 Å². The van der Waals surface area contributed by atoms with Crippen LogP contribution >= 0.6 is 0 Å². The zero-order valence-corrected chi connectivity index (χ0v) is 13.3. The SMILES string of the molecule is CC(C)(C)OC(=O)N1C[C@@H](OS(C)(=O)=O)[C@H](C2CC2)C1. The number of ether oxygens (including phenoxy) is 1. The number of likely N-dealkylation sites (tertiary alicyclic amines) is 1. The lowest BCUT2D eigenvalue weighted by Gasteiger charge is -2.24. The van der Waals surface area contributed by atoms with E-state index in [0.717, 1.165) is 19.1 Å². The van der Waals surface area contributed by atoms with Crippen molar-refractivity contribution in [3.63, 3.8) is 0 Å². The number of nitrogens with zero attached hydrogens (tertiary/aromatic N) is 1. The number of hydrogen-bond donors (Lipinski definition) is 0. The number of carbonyl (C=O) groups excluding carboxylic acids is 1. The van der Waals surface area contributed by atoms with E-state index in [4.69, 9.17) is 8.92 Å². The second kappa shape index (κ2) is 5.18. The summed E-state index contributed by atoms with van der Waals surface area (Å²) in [5.74, 6) is 0.562. The Morgan fingerprint density at radius 2 is 1.80 bits per heavy atom. The van der Waals surface area contributed by atoms with Crippen LogP contribution in [0.1, 0.15) is 33.6 Å². The smallest absolute Gasteiger partial charge is 0.410 e. The Kier molecular flexibility index (Phi) is 4.03. The maximum absolute atomic E-state index is 12.1. The van der Waals surface area contributed by atoms with Crippen LogP contribution in [-0.2, 0) is 19.0 Å². The molecule has 0 bridgehead atoms. The van der Waals surface area contributed by atoms with Crippen molar-refractivity contribution >= 4 is 16.2 Å². The predicted octanol–water partition coefficient (Wildman–Crippen LogP) is 1.61. The van der Waals surface area contributed by atoms with Gasteiger partial charge in [-0.2, -0.15) is 8.42 Å². The van der Waals surface area contributed by atoms with Crippen molar-refractivity contribution in [3.8, 4) is 0 Å². The molecule has 0 unspecified atom stereocenters. The lowest BCUT2D eigenvalue weighted by Crippen LogP contribution is -2.36. The van der Waals surface area contributed by atoms with Crippen LogP contribution in [0.4, 0.5) is 4.79 Å². The van der Waals surface area contributed by atoms with Gasteiger partial charge >= 0.3 is 6.09 Å². The molecule has 2 fully saturated rings. The largest absolute Gasteiger partial charge is 0.444 e. The molecule has 2 rings (SSSR count). The van der Waals surface area contributed by atoms with Crippen LogP contribution in [0.25, 0.3) is 0 Å². The zero-order valence-electron chi connectivity index (χ0n) is 12.5. The molecule has 6 nitrogen and oxygen atoms in total. The average Bonchev–Trinajstić information content (AvgIpc) is 2.96. The standard InChI is InChI=1S/C13H23NO5S/c1-13(2,3)18-12(15)14-7-10(9-5-6-9)11(8-14)19-20(4,16)17/h9-11H,5-8H2,1-4H3/t10-,11+/m0/s1. The normalized spacial score (nSPS) is 27.7. The van der Waals surface area contributed by atoms with E-state index in [1.54, 1.807) is 4.90 Å². The summed E-state index contributed by atoms with van der Waals surface area (Å²) >= 11 is 0. The zero-order chi connectivity index (χ0) is 15.1. The highest BCUT2D eigenvalue weighted by Crippen LogP contribution is 2.42. The Bertz CT molecular complexity index is 477. The summed E-state index contributed by atoms with van der Waals surface area (Å²) in [5.41, 5.74) is -0.554. The van der Waals surface area contributed by atoms with Gasteiger partial charge in [0.1, 0.15) is 5.60 Å². The summed E-state index contributed by atoms with van der Waals surface area (Å²) in [7, 11) is -3.51. The van der Waals surface area contributed by atoms with Crippen LogP contribution in [0.15, 0.2) is 0 Å². The fraction of sp³-hybridized carbons (Fsp3) is 0.923. The van der Waals surface area contributed by atoms with Gasteiger partial charge in [-0.1, -0.05) is 0 Å². The number of hydrogen-bond acceptors (Lipinski definition) is 5. The molecule has 0 N–H and O–H groups in total. The highest BCUT2D eigenvalue weighted by molar-refractivity contribution is 7.86. The molecular weight excluding hydrogens is 282 g/mol. The summed E-state index contributed by atoms with van der Waals surface area (Å²) < 4.78 is 33.1. The van der Waals surface area contributed by atoms with Gasteiger partial charge in [-0.05, 0) is 39.5 Å². The monoisotopic (exact) mass is 305 g/mol. The molecule has 1 aliphatic heterocycles. The first-order chi connectivity index (χ1) is 9.05. The molecule has 0 aromatic rings. The first-order valence-corrected chi connectivity index (χ1v) is 8.73. The van der Waals surface area contributed by atoms with E-state index in [9.17, 15) is 13.2 Å².